The van der Waals surface area contributed by atoms with Gasteiger partial charge in [0.15, 0.2) is 0 Å². The van der Waals surface area contributed by atoms with Crippen molar-refractivity contribution in [2.24, 2.45) is 11.1 Å². The molecule has 0 aliphatic carbocycles. The van der Waals surface area contributed by atoms with Crippen molar-refractivity contribution in [1.29, 1.82) is 0 Å². The Morgan fingerprint density at radius 2 is 1.86 bits per heavy atom. The Balaban J connectivity index is 1.14. The lowest BCUT2D eigenvalue weighted by Crippen LogP contribution is -2.71. The van der Waals surface area contributed by atoms with E-state index < -0.39 is 95.5 Å². The van der Waals surface area contributed by atoms with Gasteiger partial charge in [-0.2, -0.15) is 22.5 Å². The van der Waals surface area contributed by atoms with Crippen LogP contribution in [0.3, 0.4) is 0 Å². The number of carboxylic acids is 1. The molecule has 1 unspecified atom stereocenters. The van der Waals surface area contributed by atoms with Crippen molar-refractivity contribution in [2.45, 2.75) is 69.2 Å². The summed E-state index contributed by atoms with van der Waals surface area (Å²) in [7, 11) is 0. The van der Waals surface area contributed by atoms with Gasteiger partial charge in [-0.15, -0.1) is 11.8 Å². The van der Waals surface area contributed by atoms with Crippen LogP contribution in [0.25, 0.3) is 0 Å². The summed E-state index contributed by atoms with van der Waals surface area (Å²) < 4.78 is 45.0. The van der Waals surface area contributed by atoms with Gasteiger partial charge in [-0.25, -0.2) is 14.4 Å². The van der Waals surface area contributed by atoms with E-state index in [-0.39, 0.29) is 34.1 Å². The molecule has 0 spiro atoms. The number of likely N-dealkylation sites (tertiary alicyclic amines) is 1. The monoisotopic (exact) mass is 829 g/mol. The standard InChI is InChI=1S/C31H34F3N9O11S2/c1-12(2)18(28(51)54-29(52)31(32,33)34)36-16(44)3-4-17(45)37-30-39-22(41-56-30)19(40-53)23(46)38-20-25(48)43-21(27(49)50)14(11-55-26(20)43)9-13-6-8-42(24(13)47)15-5-7-35-10-15/h9,12,15,18,20,26,35,53H,3-8,10-11H2,1-2H3,(H,36,44)(H,38,46)(H,49,50)(H,37,39,41,45)/b13-9+,40-19+/t15?,18-,20+,26+/m0/s1. The Hall–Kier alpha value is -5.43. The van der Waals surface area contributed by atoms with Crippen LogP contribution in [-0.4, -0.2) is 138 Å². The van der Waals surface area contributed by atoms with Crippen molar-refractivity contribution in [3.05, 3.63) is 28.7 Å². The predicted molar refractivity (Wildman–Crippen MR) is 185 cm³/mol. The van der Waals surface area contributed by atoms with E-state index in [9.17, 15) is 61.8 Å². The number of carbonyl (C=O) groups excluding carboxylic acids is 7. The number of aliphatic carboxylic acids is 1. The SMILES string of the molecule is CC(C)[C@H](NC(=O)CCC(=O)Nc1nc(/C(=N\O)C(=O)N[C@@H]2C(=O)N3C(C(=O)O)=C(/C=C4\CCN(C5CCNC5)C4=O)CS[C@H]23)ns1)C(=O)OC(=O)C(F)(F)F. The second kappa shape index (κ2) is 17.2. The summed E-state index contributed by atoms with van der Waals surface area (Å²) in [4.78, 5) is 106. The summed E-state index contributed by atoms with van der Waals surface area (Å²) in [6.07, 6.45) is -3.78. The minimum atomic E-state index is -5.44. The fourth-order valence-electron chi connectivity index (χ4n) is 6.12. The number of anilines is 1. The van der Waals surface area contributed by atoms with E-state index in [1.54, 1.807) is 4.90 Å². The number of thioether (sulfide) groups is 1. The number of aromatic nitrogens is 2. The highest BCUT2D eigenvalue weighted by molar-refractivity contribution is 8.00. The van der Waals surface area contributed by atoms with Gasteiger partial charge in [0, 0.05) is 54.8 Å². The number of carbonyl (C=O) groups is 8. The number of nitrogens with one attached hydrogen (secondary N) is 4. The highest BCUT2D eigenvalue weighted by Crippen LogP contribution is 2.41. The lowest BCUT2D eigenvalue weighted by atomic mass is 10.0. The third-order valence-corrected chi connectivity index (χ3v) is 10.8. The maximum absolute atomic E-state index is 13.2. The summed E-state index contributed by atoms with van der Waals surface area (Å²) in [6.45, 7) is 4.71. The number of amides is 5. The summed E-state index contributed by atoms with van der Waals surface area (Å²) in [6, 6.07) is -2.82. The summed E-state index contributed by atoms with van der Waals surface area (Å²) >= 11 is 1.70. The number of rotatable bonds is 13. The van der Waals surface area contributed by atoms with Crippen molar-refractivity contribution >= 4 is 81.6 Å². The number of fused-ring (bicyclic) bond motifs is 1. The number of nitrogens with zero attached hydrogens (tertiary/aromatic N) is 5. The minimum Gasteiger partial charge on any atom is -0.477 e. The molecule has 5 heterocycles. The van der Waals surface area contributed by atoms with Crippen LogP contribution in [0, 0.1) is 5.92 Å². The molecule has 3 saturated heterocycles. The maximum Gasteiger partial charge on any atom is 0.491 e. The lowest BCUT2D eigenvalue weighted by Gasteiger charge is -2.49. The van der Waals surface area contributed by atoms with Crippen LogP contribution in [-0.2, 0) is 43.1 Å². The van der Waals surface area contributed by atoms with E-state index in [4.69, 9.17) is 0 Å². The highest BCUT2D eigenvalue weighted by atomic mass is 32.2. The Labute approximate surface area is 322 Å². The topological polar surface area (TPSA) is 279 Å². The average molecular weight is 830 g/mol. The largest absolute Gasteiger partial charge is 0.491 e. The molecule has 1 aromatic heterocycles. The molecule has 1 aromatic rings. The predicted octanol–water partition coefficient (Wildman–Crippen LogP) is -0.533. The van der Waals surface area contributed by atoms with Gasteiger partial charge in [0.05, 0.1) is 0 Å². The molecule has 4 atom stereocenters. The molecule has 4 aliphatic rings. The molecule has 3 fully saturated rings. The number of carboxylic acid groups (broad SMARTS) is 1. The molecule has 6 N–H and O–H groups in total. The van der Waals surface area contributed by atoms with Crippen molar-refractivity contribution in [2.75, 3.05) is 30.7 Å². The van der Waals surface area contributed by atoms with Gasteiger partial charge in [-0.05, 0) is 37.0 Å². The van der Waals surface area contributed by atoms with Gasteiger partial charge in [-0.1, -0.05) is 19.0 Å². The first-order chi connectivity index (χ1) is 26.4. The fraction of sp³-hybridized carbons (Fsp3) is 0.516. The van der Waals surface area contributed by atoms with Gasteiger partial charge in [0.2, 0.25) is 34.4 Å². The number of halogens is 3. The molecule has 0 aromatic carbocycles. The summed E-state index contributed by atoms with van der Waals surface area (Å²) in [5.41, 5.74) is -0.370. The number of alkyl halides is 3. The van der Waals surface area contributed by atoms with Crippen molar-refractivity contribution in [3.8, 4) is 0 Å². The molecule has 0 radical (unpaired) electrons. The van der Waals surface area contributed by atoms with Gasteiger partial charge in [0.1, 0.15) is 23.2 Å². The Kier molecular flexibility index (Phi) is 12.8. The molecule has 5 amide bonds. The van der Waals surface area contributed by atoms with E-state index in [2.05, 4.69) is 40.5 Å². The number of oxime groups is 1. The molecule has 4 aliphatic heterocycles. The minimum absolute atomic E-state index is 0.0544. The zero-order chi connectivity index (χ0) is 41.1. The number of allylic oxidation sites excluding steroid dienone is 1. The van der Waals surface area contributed by atoms with E-state index in [0.29, 0.717) is 36.6 Å². The third-order valence-electron chi connectivity index (χ3n) is 8.91. The molecule has 0 saturated carbocycles. The first-order valence-corrected chi connectivity index (χ1v) is 18.7. The zero-order valence-electron chi connectivity index (χ0n) is 29.4. The van der Waals surface area contributed by atoms with Gasteiger partial charge in [-0.3, -0.25) is 28.9 Å². The third kappa shape index (κ3) is 9.15. The molecule has 302 valence electrons. The second-order valence-electron chi connectivity index (χ2n) is 13.0. The van der Waals surface area contributed by atoms with Crippen molar-refractivity contribution in [3.63, 3.8) is 0 Å². The second-order valence-corrected chi connectivity index (χ2v) is 14.9. The summed E-state index contributed by atoms with van der Waals surface area (Å²) in [5, 5.41) is 31.5. The van der Waals surface area contributed by atoms with E-state index in [1.807, 2.05) is 0 Å². The van der Waals surface area contributed by atoms with Crippen molar-refractivity contribution in [1.82, 2.24) is 35.1 Å². The van der Waals surface area contributed by atoms with E-state index in [1.165, 1.54) is 19.9 Å². The summed E-state index contributed by atoms with van der Waals surface area (Å²) in [5.74, 6) is -10.8. The number of ether oxygens (including phenoxy) is 1. The molecule has 0 bridgehead atoms. The molecule has 20 nitrogen and oxygen atoms in total. The normalized spacial score (nSPS) is 22.5. The Bertz CT molecular complexity index is 1930. The molecular formula is C31H34F3N9O11S2. The quantitative estimate of drug-likeness (QED) is 0.0277. The number of esters is 2. The lowest BCUT2D eigenvalue weighted by molar-refractivity contribution is -0.202. The first kappa shape index (κ1) is 41.7. The van der Waals surface area contributed by atoms with Gasteiger partial charge in [0.25, 0.3) is 11.8 Å². The van der Waals surface area contributed by atoms with E-state index >= 15 is 0 Å². The van der Waals surface area contributed by atoms with Gasteiger partial charge >= 0.3 is 24.1 Å². The van der Waals surface area contributed by atoms with E-state index in [0.717, 1.165) is 29.6 Å². The van der Waals surface area contributed by atoms with Crippen LogP contribution in [0.1, 0.15) is 45.4 Å². The zero-order valence-corrected chi connectivity index (χ0v) is 31.0. The molecule has 56 heavy (non-hydrogen) atoms. The van der Waals surface area contributed by atoms with Crippen LogP contribution in [0.5, 0.6) is 0 Å². The molecule has 25 heteroatoms. The van der Waals surface area contributed by atoms with Crippen LogP contribution in [0.2, 0.25) is 0 Å². The van der Waals surface area contributed by atoms with Crippen LogP contribution < -0.4 is 21.3 Å². The Morgan fingerprint density at radius 3 is 2.48 bits per heavy atom. The maximum atomic E-state index is 13.2. The Morgan fingerprint density at radius 1 is 1.14 bits per heavy atom. The smallest absolute Gasteiger partial charge is 0.477 e. The van der Waals surface area contributed by atoms with Crippen LogP contribution in [0.4, 0.5) is 18.3 Å². The van der Waals surface area contributed by atoms with Gasteiger partial charge < -0.3 is 41.2 Å². The average Bonchev–Trinajstić information content (AvgIpc) is 3.90. The number of β-lactam (4-membered cyclic amide) rings is 1. The fourth-order valence-corrected chi connectivity index (χ4v) is 8.02. The number of hydrogen-bond acceptors (Lipinski definition) is 16. The van der Waals surface area contributed by atoms with Crippen molar-refractivity contribution < 1.29 is 66.6 Å². The highest BCUT2D eigenvalue weighted by Gasteiger charge is 2.54. The molecule has 5 rings (SSSR count). The number of hydrogen-bond donors (Lipinski definition) is 6. The first-order valence-electron chi connectivity index (χ1n) is 16.8. The van der Waals surface area contributed by atoms with Crippen LogP contribution in [0.15, 0.2) is 28.1 Å². The molecular weight excluding hydrogens is 796 g/mol. The van der Waals surface area contributed by atoms with Crippen LogP contribution >= 0.6 is 23.3 Å².